The summed E-state index contributed by atoms with van der Waals surface area (Å²) in [5.41, 5.74) is 4.12. The molecule has 0 fully saturated rings. The van der Waals surface area contributed by atoms with E-state index in [1.165, 1.54) is 6.21 Å². The second-order valence-electron chi connectivity index (χ2n) is 5.15. The van der Waals surface area contributed by atoms with Crippen molar-refractivity contribution in [3.05, 3.63) is 59.1 Å². The second-order valence-corrected chi connectivity index (χ2v) is 5.59. The van der Waals surface area contributed by atoms with E-state index < -0.39 is 0 Å². The van der Waals surface area contributed by atoms with Gasteiger partial charge in [0.15, 0.2) is 6.61 Å². The van der Waals surface area contributed by atoms with Crippen LogP contribution >= 0.6 is 11.6 Å². The first-order chi connectivity index (χ1) is 12.2. The van der Waals surface area contributed by atoms with Crippen molar-refractivity contribution in [3.63, 3.8) is 0 Å². The molecule has 0 atom stereocenters. The summed E-state index contributed by atoms with van der Waals surface area (Å²) in [6.07, 6.45) is 1.54. The van der Waals surface area contributed by atoms with Crippen LogP contribution in [-0.4, -0.2) is 30.8 Å². The number of aromatic amines is 1. The van der Waals surface area contributed by atoms with Gasteiger partial charge in [0.25, 0.3) is 5.91 Å². The zero-order chi connectivity index (χ0) is 17.6. The lowest BCUT2D eigenvalue weighted by atomic mass is 10.2. The molecule has 1 heterocycles. The number of carbonyl (C=O) groups is 1. The molecule has 128 valence electrons. The smallest absolute Gasteiger partial charge is 0.277 e. The van der Waals surface area contributed by atoms with E-state index in [4.69, 9.17) is 21.1 Å². The third-order valence-corrected chi connectivity index (χ3v) is 3.73. The van der Waals surface area contributed by atoms with Crippen LogP contribution in [0, 0.1) is 0 Å². The van der Waals surface area contributed by atoms with E-state index in [9.17, 15) is 4.79 Å². The van der Waals surface area contributed by atoms with Crippen LogP contribution < -0.4 is 14.9 Å². The first-order valence-corrected chi connectivity index (χ1v) is 7.90. The number of fused-ring (bicyclic) bond motifs is 1. The number of ether oxygens (including phenoxy) is 2. The largest absolute Gasteiger partial charge is 0.484 e. The zero-order valence-electron chi connectivity index (χ0n) is 13.5. The van der Waals surface area contributed by atoms with Gasteiger partial charge < -0.3 is 14.5 Å². The number of aromatic nitrogens is 1. The van der Waals surface area contributed by atoms with Crippen molar-refractivity contribution in [2.75, 3.05) is 13.7 Å². The van der Waals surface area contributed by atoms with E-state index in [1.807, 2.05) is 24.3 Å². The summed E-state index contributed by atoms with van der Waals surface area (Å²) in [7, 11) is 1.57. The normalized spacial score (nSPS) is 11.0. The van der Waals surface area contributed by atoms with Gasteiger partial charge >= 0.3 is 0 Å². The molecule has 3 rings (SSSR count). The van der Waals surface area contributed by atoms with Gasteiger partial charge in [-0.1, -0.05) is 29.8 Å². The fourth-order valence-corrected chi connectivity index (χ4v) is 2.43. The molecule has 6 nitrogen and oxygen atoms in total. The van der Waals surface area contributed by atoms with Crippen LogP contribution in [0.2, 0.25) is 5.02 Å². The van der Waals surface area contributed by atoms with Gasteiger partial charge in [0.05, 0.1) is 18.9 Å². The van der Waals surface area contributed by atoms with Gasteiger partial charge in [-0.25, -0.2) is 5.43 Å². The van der Waals surface area contributed by atoms with Gasteiger partial charge in [-0.15, -0.1) is 0 Å². The Morgan fingerprint density at radius 1 is 1.24 bits per heavy atom. The second kappa shape index (κ2) is 7.72. The number of hydrogen-bond acceptors (Lipinski definition) is 4. The number of halogens is 1. The molecule has 0 aliphatic heterocycles. The lowest BCUT2D eigenvalue weighted by molar-refractivity contribution is -0.123. The maximum atomic E-state index is 11.8. The number of methoxy groups -OCH3 is 1. The molecule has 0 unspecified atom stereocenters. The van der Waals surface area contributed by atoms with Crippen molar-refractivity contribution >= 4 is 34.6 Å². The van der Waals surface area contributed by atoms with E-state index in [0.29, 0.717) is 16.7 Å². The Balaban J connectivity index is 1.61. The molecule has 0 aliphatic carbocycles. The Morgan fingerprint density at radius 2 is 2.00 bits per heavy atom. The highest BCUT2D eigenvalue weighted by atomic mass is 35.5. The van der Waals surface area contributed by atoms with Crippen molar-refractivity contribution in [1.82, 2.24) is 10.4 Å². The number of H-pyrrole nitrogens is 1. The van der Waals surface area contributed by atoms with Crippen LogP contribution in [0.15, 0.2) is 53.6 Å². The summed E-state index contributed by atoms with van der Waals surface area (Å²) in [6, 6.07) is 14.5. The number of amides is 1. The fraction of sp³-hybridized carbons (Fsp3) is 0.111. The standard InChI is InChI=1S/C18H16ClN3O3/c1-24-18-15(14-4-2-3-5-16(14)21-18)10-20-22-17(23)11-25-13-8-6-12(19)7-9-13/h2-10,21H,11H2,1H3,(H,22,23). The monoisotopic (exact) mass is 357 g/mol. The van der Waals surface area contributed by atoms with Gasteiger partial charge in [-0.2, -0.15) is 5.10 Å². The van der Waals surface area contributed by atoms with E-state index in [0.717, 1.165) is 16.5 Å². The number of benzene rings is 2. The highest BCUT2D eigenvalue weighted by molar-refractivity contribution is 6.30. The Morgan fingerprint density at radius 3 is 2.76 bits per heavy atom. The van der Waals surface area contributed by atoms with Crippen LogP contribution in [0.4, 0.5) is 0 Å². The maximum absolute atomic E-state index is 11.8. The van der Waals surface area contributed by atoms with Gasteiger partial charge in [-0.3, -0.25) is 4.79 Å². The molecule has 0 saturated heterocycles. The Labute approximate surface area is 149 Å². The number of hydrazone groups is 1. The summed E-state index contributed by atoms with van der Waals surface area (Å²) >= 11 is 5.79. The van der Waals surface area contributed by atoms with Crippen LogP contribution in [0.1, 0.15) is 5.56 Å². The summed E-state index contributed by atoms with van der Waals surface area (Å²) < 4.78 is 10.7. The van der Waals surface area contributed by atoms with Crippen molar-refractivity contribution in [3.8, 4) is 11.6 Å². The molecular weight excluding hydrogens is 342 g/mol. The minimum absolute atomic E-state index is 0.149. The number of nitrogens with zero attached hydrogens (tertiary/aromatic N) is 1. The van der Waals surface area contributed by atoms with E-state index >= 15 is 0 Å². The molecule has 0 radical (unpaired) electrons. The van der Waals surface area contributed by atoms with Crippen LogP contribution in [0.25, 0.3) is 10.9 Å². The first-order valence-electron chi connectivity index (χ1n) is 7.52. The molecule has 0 aliphatic rings. The molecule has 3 aromatic rings. The van der Waals surface area contributed by atoms with Crippen molar-refractivity contribution in [2.24, 2.45) is 5.10 Å². The molecule has 2 aromatic carbocycles. The Kier molecular flexibility index (Phi) is 5.20. The Hall–Kier alpha value is -2.99. The predicted molar refractivity (Wildman–Crippen MR) is 97.5 cm³/mol. The topological polar surface area (TPSA) is 75.7 Å². The summed E-state index contributed by atoms with van der Waals surface area (Å²) in [4.78, 5) is 15.0. The Bertz CT molecular complexity index is 904. The summed E-state index contributed by atoms with van der Waals surface area (Å²) in [6.45, 7) is -0.149. The average molecular weight is 358 g/mol. The van der Waals surface area contributed by atoms with E-state index in [1.54, 1.807) is 31.4 Å². The quantitative estimate of drug-likeness (QED) is 0.524. The van der Waals surface area contributed by atoms with Crippen LogP contribution in [0.5, 0.6) is 11.6 Å². The predicted octanol–water partition coefficient (Wildman–Crippen LogP) is 3.36. The third-order valence-electron chi connectivity index (χ3n) is 3.48. The van der Waals surface area contributed by atoms with Gasteiger partial charge in [0.1, 0.15) is 5.75 Å². The van der Waals surface area contributed by atoms with Crippen LogP contribution in [-0.2, 0) is 4.79 Å². The number of para-hydroxylation sites is 1. The number of nitrogens with one attached hydrogen (secondary N) is 2. The minimum Gasteiger partial charge on any atom is -0.484 e. The van der Waals surface area contributed by atoms with Crippen molar-refractivity contribution < 1.29 is 14.3 Å². The zero-order valence-corrected chi connectivity index (χ0v) is 14.2. The molecule has 2 N–H and O–H groups in total. The number of hydrogen-bond donors (Lipinski definition) is 2. The van der Waals surface area contributed by atoms with E-state index in [-0.39, 0.29) is 12.5 Å². The van der Waals surface area contributed by atoms with Crippen molar-refractivity contribution in [2.45, 2.75) is 0 Å². The van der Waals surface area contributed by atoms with Gasteiger partial charge in [-0.05, 0) is 30.3 Å². The summed E-state index contributed by atoms with van der Waals surface area (Å²) in [5.74, 6) is 0.767. The highest BCUT2D eigenvalue weighted by Crippen LogP contribution is 2.25. The molecule has 0 saturated carbocycles. The number of carbonyl (C=O) groups excluding carboxylic acids is 1. The van der Waals surface area contributed by atoms with E-state index in [2.05, 4.69) is 15.5 Å². The molecule has 7 heteroatoms. The molecular formula is C18H16ClN3O3. The minimum atomic E-state index is -0.370. The SMILES string of the molecule is COc1[nH]c2ccccc2c1C=NNC(=O)COc1ccc(Cl)cc1. The number of rotatable bonds is 6. The highest BCUT2D eigenvalue weighted by Gasteiger charge is 2.09. The lowest BCUT2D eigenvalue weighted by Crippen LogP contribution is -2.24. The van der Waals surface area contributed by atoms with Crippen molar-refractivity contribution in [1.29, 1.82) is 0 Å². The molecule has 1 amide bonds. The third kappa shape index (κ3) is 4.10. The molecule has 25 heavy (non-hydrogen) atoms. The van der Waals surface area contributed by atoms with Gasteiger partial charge in [0.2, 0.25) is 5.88 Å². The van der Waals surface area contributed by atoms with Crippen LogP contribution in [0.3, 0.4) is 0 Å². The molecule has 1 aromatic heterocycles. The lowest BCUT2D eigenvalue weighted by Gasteiger charge is -2.04. The fourth-order valence-electron chi connectivity index (χ4n) is 2.31. The summed E-state index contributed by atoms with van der Waals surface area (Å²) in [5, 5.41) is 5.53. The molecule has 0 bridgehead atoms. The maximum Gasteiger partial charge on any atom is 0.277 e. The first kappa shape index (κ1) is 16.9. The van der Waals surface area contributed by atoms with Gasteiger partial charge in [0, 0.05) is 15.9 Å². The average Bonchev–Trinajstić information content (AvgIpc) is 2.99. The molecule has 0 spiro atoms.